The SMILES string of the molecule is COc1nc(-c2cc([N+](=O)[O-])nn2C)nc(OC(C)(C)C)c1C(F)(F)F. The average molecular weight is 375 g/mol. The molecule has 2 aromatic heterocycles. The quantitative estimate of drug-likeness (QED) is 0.597. The third kappa shape index (κ3) is 4.00. The van der Waals surface area contributed by atoms with Crippen molar-refractivity contribution < 1.29 is 27.6 Å². The third-order valence-corrected chi connectivity index (χ3v) is 3.01. The van der Waals surface area contributed by atoms with Crippen LogP contribution in [0.3, 0.4) is 0 Å². The first-order valence-corrected chi connectivity index (χ1v) is 7.24. The van der Waals surface area contributed by atoms with Gasteiger partial charge in [0.15, 0.2) is 11.4 Å². The molecule has 0 aromatic carbocycles. The van der Waals surface area contributed by atoms with Gasteiger partial charge in [0.1, 0.15) is 11.3 Å². The minimum Gasteiger partial charge on any atom is -0.480 e. The van der Waals surface area contributed by atoms with Gasteiger partial charge in [-0.1, -0.05) is 0 Å². The highest BCUT2D eigenvalue weighted by Crippen LogP contribution is 2.42. The lowest BCUT2D eigenvalue weighted by Gasteiger charge is -2.24. The van der Waals surface area contributed by atoms with Gasteiger partial charge in [0.25, 0.3) is 0 Å². The zero-order chi connectivity index (χ0) is 19.9. The molecule has 0 saturated carbocycles. The molecule has 26 heavy (non-hydrogen) atoms. The fourth-order valence-electron chi connectivity index (χ4n) is 2.04. The van der Waals surface area contributed by atoms with Crippen LogP contribution >= 0.6 is 0 Å². The van der Waals surface area contributed by atoms with Gasteiger partial charge in [0.05, 0.1) is 25.3 Å². The third-order valence-electron chi connectivity index (χ3n) is 3.01. The highest BCUT2D eigenvalue weighted by molar-refractivity contribution is 5.56. The second-order valence-electron chi connectivity index (χ2n) is 6.22. The van der Waals surface area contributed by atoms with Crippen molar-refractivity contribution in [2.45, 2.75) is 32.5 Å². The van der Waals surface area contributed by atoms with Crippen LogP contribution < -0.4 is 9.47 Å². The molecule has 2 heterocycles. The Morgan fingerprint density at radius 3 is 2.19 bits per heavy atom. The van der Waals surface area contributed by atoms with E-state index in [1.54, 1.807) is 20.8 Å². The Balaban J connectivity index is 2.73. The van der Waals surface area contributed by atoms with E-state index in [4.69, 9.17) is 9.47 Å². The highest BCUT2D eigenvalue weighted by Gasteiger charge is 2.42. The van der Waals surface area contributed by atoms with Gasteiger partial charge in [-0.3, -0.25) is 0 Å². The fourth-order valence-corrected chi connectivity index (χ4v) is 2.04. The van der Waals surface area contributed by atoms with Crippen molar-refractivity contribution in [3.8, 4) is 23.3 Å². The summed E-state index contributed by atoms with van der Waals surface area (Å²) >= 11 is 0. The van der Waals surface area contributed by atoms with E-state index in [-0.39, 0.29) is 11.5 Å². The summed E-state index contributed by atoms with van der Waals surface area (Å²) in [7, 11) is 2.40. The molecular weight excluding hydrogens is 359 g/mol. The molecule has 0 aliphatic carbocycles. The number of hydrogen-bond acceptors (Lipinski definition) is 7. The second-order valence-corrected chi connectivity index (χ2v) is 6.22. The van der Waals surface area contributed by atoms with Crippen LogP contribution in [-0.4, -0.2) is 37.4 Å². The second kappa shape index (κ2) is 6.42. The average Bonchev–Trinajstić information content (AvgIpc) is 2.85. The number of halogens is 3. The molecule has 0 aliphatic heterocycles. The zero-order valence-electron chi connectivity index (χ0n) is 14.6. The van der Waals surface area contributed by atoms with Crippen molar-refractivity contribution in [1.82, 2.24) is 19.7 Å². The first-order chi connectivity index (χ1) is 11.8. The van der Waals surface area contributed by atoms with Gasteiger partial charge in [-0.2, -0.15) is 27.8 Å². The Morgan fingerprint density at radius 2 is 1.77 bits per heavy atom. The summed E-state index contributed by atoms with van der Waals surface area (Å²) in [6.45, 7) is 4.66. The molecule has 0 bridgehead atoms. The van der Waals surface area contributed by atoms with E-state index < -0.39 is 39.8 Å². The van der Waals surface area contributed by atoms with Gasteiger partial charge in [0, 0.05) is 0 Å². The molecule has 12 heteroatoms. The number of aromatic nitrogens is 4. The summed E-state index contributed by atoms with van der Waals surface area (Å²) in [5, 5.41) is 14.5. The molecule has 0 fully saturated rings. The highest BCUT2D eigenvalue weighted by atomic mass is 19.4. The summed E-state index contributed by atoms with van der Waals surface area (Å²) in [5.74, 6) is -2.25. The lowest BCUT2D eigenvalue weighted by molar-refractivity contribution is -0.389. The predicted octanol–water partition coefficient (Wildman–Crippen LogP) is 2.99. The molecule has 0 unspecified atom stereocenters. The lowest BCUT2D eigenvalue weighted by atomic mass is 10.2. The monoisotopic (exact) mass is 375 g/mol. The summed E-state index contributed by atoms with van der Waals surface area (Å²) in [5.41, 5.74) is -2.23. The first kappa shape index (κ1) is 19.4. The smallest absolute Gasteiger partial charge is 0.426 e. The zero-order valence-corrected chi connectivity index (χ0v) is 14.6. The van der Waals surface area contributed by atoms with E-state index in [1.807, 2.05) is 0 Å². The minimum absolute atomic E-state index is 0.0301. The molecule has 142 valence electrons. The number of ether oxygens (including phenoxy) is 2. The van der Waals surface area contributed by atoms with Gasteiger partial charge in [-0.15, -0.1) is 0 Å². The van der Waals surface area contributed by atoms with Crippen LogP contribution in [0.5, 0.6) is 11.8 Å². The van der Waals surface area contributed by atoms with Crippen LogP contribution in [0.4, 0.5) is 19.0 Å². The van der Waals surface area contributed by atoms with E-state index in [0.29, 0.717) is 0 Å². The lowest BCUT2D eigenvalue weighted by Crippen LogP contribution is -2.26. The number of rotatable bonds is 4. The van der Waals surface area contributed by atoms with Crippen molar-refractivity contribution >= 4 is 5.82 Å². The largest absolute Gasteiger partial charge is 0.480 e. The van der Waals surface area contributed by atoms with Crippen molar-refractivity contribution in [3.05, 3.63) is 21.7 Å². The van der Waals surface area contributed by atoms with Gasteiger partial charge in [0.2, 0.25) is 11.8 Å². The topological polar surface area (TPSA) is 105 Å². The number of nitrogens with zero attached hydrogens (tertiary/aromatic N) is 5. The van der Waals surface area contributed by atoms with Crippen molar-refractivity contribution in [2.75, 3.05) is 7.11 Å². The molecule has 0 spiro atoms. The van der Waals surface area contributed by atoms with Gasteiger partial charge < -0.3 is 19.6 Å². The Labute approximate surface area is 145 Å². The first-order valence-electron chi connectivity index (χ1n) is 7.24. The Hall–Kier alpha value is -2.92. The molecule has 0 atom stereocenters. The van der Waals surface area contributed by atoms with Crippen LogP contribution in [-0.2, 0) is 13.2 Å². The van der Waals surface area contributed by atoms with Crippen LogP contribution in [0, 0.1) is 10.1 Å². The Kier molecular flexibility index (Phi) is 4.79. The van der Waals surface area contributed by atoms with Gasteiger partial charge in [-0.25, -0.2) is 0 Å². The van der Waals surface area contributed by atoms with E-state index in [2.05, 4.69) is 15.1 Å². The van der Waals surface area contributed by atoms with E-state index in [1.165, 1.54) is 7.05 Å². The fraction of sp³-hybridized carbons (Fsp3) is 0.500. The molecule has 2 aromatic rings. The van der Waals surface area contributed by atoms with Gasteiger partial charge in [-0.05, 0) is 25.7 Å². The van der Waals surface area contributed by atoms with E-state index in [9.17, 15) is 23.3 Å². The number of methoxy groups -OCH3 is 1. The van der Waals surface area contributed by atoms with Gasteiger partial charge >= 0.3 is 12.0 Å². The summed E-state index contributed by atoms with van der Waals surface area (Å²) in [6.07, 6.45) is -4.83. The maximum Gasteiger partial charge on any atom is 0.426 e. The van der Waals surface area contributed by atoms with Crippen LogP contribution in [0.1, 0.15) is 26.3 Å². The Morgan fingerprint density at radius 1 is 1.19 bits per heavy atom. The summed E-state index contributed by atoms with van der Waals surface area (Å²) < 4.78 is 51.5. The van der Waals surface area contributed by atoms with Crippen LogP contribution in [0.25, 0.3) is 11.5 Å². The van der Waals surface area contributed by atoms with Crippen molar-refractivity contribution in [1.29, 1.82) is 0 Å². The molecule has 0 saturated heterocycles. The molecule has 2 rings (SSSR count). The minimum atomic E-state index is -4.83. The van der Waals surface area contributed by atoms with Crippen molar-refractivity contribution in [2.24, 2.45) is 7.05 Å². The number of alkyl halides is 3. The predicted molar refractivity (Wildman–Crippen MR) is 82.8 cm³/mol. The number of nitro groups is 1. The molecular formula is C14H16F3N5O4. The summed E-state index contributed by atoms with van der Waals surface area (Å²) in [4.78, 5) is 17.7. The molecule has 9 nitrogen and oxygen atoms in total. The summed E-state index contributed by atoms with van der Waals surface area (Å²) in [6, 6.07) is 1.04. The molecule has 0 amide bonds. The van der Waals surface area contributed by atoms with Crippen molar-refractivity contribution in [3.63, 3.8) is 0 Å². The Bertz CT molecular complexity index is 842. The maximum atomic E-state index is 13.4. The van der Waals surface area contributed by atoms with E-state index >= 15 is 0 Å². The normalized spacial score (nSPS) is 12.2. The number of hydrogen-bond donors (Lipinski definition) is 0. The standard InChI is InChI=1S/C14H16F3N5O4/c1-13(2,3)26-12-9(14(15,16)17)11(25-5)18-10(19-12)7-6-8(22(23)24)20-21(7)4/h6H,1-5H3. The number of aryl methyl sites for hydroxylation is 1. The molecule has 0 aliphatic rings. The van der Waals surface area contributed by atoms with E-state index in [0.717, 1.165) is 17.9 Å². The molecule has 0 N–H and O–H groups in total. The molecule has 0 radical (unpaired) electrons. The maximum absolute atomic E-state index is 13.4. The van der Waals surface area contributed by atoms with Crippen LogP contribution in [0.15, 0.2) is 6.07 Å². The van der Waals surface area contributed by atoms with Crippen LogP contribution in [0.2, 0.25) is 0 Å².